The lowest BCUT2D eigenvalue weighted by Crippen LogP contribution is -2.40. The molecule has 0 unspecified atom stereocenters. The van der Waals surface area contributed by atoms with Crippen molar-refractivity contribution in [2.75, 3.05) is 62.7 Å². The summed E-state index contributed by atoms with van der Waals surface area (Å²) in [6, 6.07) is 7.71. The molecular formula is C20H28N6O2. The number of nitrogens with one attached hydrogen (secondary N) is 1. The maximum absolute atomic E-state index is 5.96. The number of anilines is 2. The Morgan fingerprint density at radius 2 is 1.89 bits per heavy atom. The summed E-state index contributed by atoms with van der Waals surface area (Å²) in [6.07, 6.45) is 5.92. The number of likely N-dealkylation sites (tertiary alicyclic amines) is 1. The minimum absolute atomic E-state index is 0.261. The predicted molar refractivity (Wildman–Crippen MR) is 108 cm³/mol. The van der Waals surface area contributed by atoms with Gasteiger partial charge in [-0.3, -0.25) is 0 Å². The van der Waals surface area contributed by atoms with Crippen LogP contribution in [-0.2, 0) is 4.74 Å². The molecular weight excluding hydrogens is 356 g/mol. The Morgan fingerprint density at radius 3 is 2.68 bits per heavy atom. The number of hydrogen-bond donors (Lipinski definition) is 1. The maximum Gasteiger partial charge on any atom is 0.227 e. The summed E-state index contributed by atoms with van der Waals surface area (Å²) in [4.78, 5) is 17.9. The van der Waals surface area contributed by atoms with Gasteiger partial charge in [-0.25, -0.2) is 9.97 Å². The molecule has 2 aliphatic heterocycles. The van der Waals surface area contributed by atoms with E-state index in [1.54, 1.807) is 6.20 Å². The zero-order valence-electron chi connectivity index (χ0n) is 16.2. The molecule has 0 atom stereocenters. The lowest BCUT2D eigenvalue weighted by atomic mass is 10.1. The Morgan fingerprint density at radius 1 is 1.04 bits per heavy atom. The Bertz CT molecular complexity index is 718. The highest BCUT2D eigenvalue weighted by Crippen LogP contribution is 2.17. The van der Waals surface area contributed by atoms with E-state index in [2.05, 4.69) is 30.1 Å². The Hall–Kier alpha value is -2.45. The van der Waals surface area contributed by atoms with Crippen LogP contribution >= 0.6 is 0 Å². The molecule has 2 aliphatic rings. The van der Waals surface area contributed by atoms with Gasteiger partial charge in [0.05, 0.1) is 13.2 Å². The summed E-state index contributed by atoms with van der Waals surface area (Å²) in [7, 11) is 0. The van der Waals surface area contributed by atoms with Gasteiger partial charge in [0.25, 0.3) is 0 Å². The first kappa shape index (κ1) is 18.9. The number of nitrogens with zero attached hydrogens (tertiary/aromatic N) is 5. The van der Waals surface area contributed by atoms with Gasteiger partial charge in [0.1, 0.15) is 11.9 Å². The van der Waals surface area contributed by atoms with Gasteiger partial charge in [0, 0.05) is 57.7 Å². The molecule has 0 amide bonds. The molecule has 0 aromatic carbocycles. The first-order valence-corrected chi connectivity index (χ1v) is 10.1. The van der Waals surface area contributed by atoms with E-state index < -0.39 is 0 Å². The van der Waals surface area contributed by atoms with Gasteiger partial charge in [-0.2, -0.15) is 4.98 Å². The summed E-state index contributed by atoms with van der Waals surface area (Å²) < 4.78 is 11.4. The zero-order chi connectivity index (χ0) is 19.0. The van der Waals surface area contributed by atoms with Crippen LogP contribution in [0, 0.1) is 0 Å². The quantitative estimate of drug-likeness (QED) is 0.773. The minimum atomic E-state index is 0.261. The van der Waals surface area contributed by atoms with Crippen LogP contribution < -0.4 is 15.0 Å². The van der Waals surface area contributed by atoms with Crippen molar-refractivity contribution in [1.29, 1.82) is 0 Å². The van der Waals surface area contributed by atoms with Crippen molar-refractivity contribution >= 4 is 11.8 Å². The molecule has 0 radical (unpaired) electrons. The molecule has 28 heavy (non-hydrogen) atoms. The minimum Gasteiger partial charge on any atom is -0.474 e. The van der Waals surface area contributed by atoms with Gasteiger partial charge >= 0.3 is 0 Å². The monoisotopic (exact) mass is 384 g/mol. The molecule has 4 heterocycles. The Balaban J connectivity index is 1.18. The van der Waals surface area contributed by atoms with Crippen LogP contribution in [0.25, 0.3) is 0 Å². The second-order valence-corrected chi connectivity index (χ2v) is 7.09. The zero-order valence-corrected chi connectivity index (χ0v) is 16.2. The molecule has 2 saturated heterocycles. The van der Waals surface area contributed by atoms with Crippen molar-refractivity contribution in [2.45, 2.75) is 18.9 Å². The fourth-order valence-corrected chi connectivity index (χ4v) is 3.54. The summed E-state index contributed by atoms with van der Waals surface area (Å²) in [6.45, 7) is 7.11. The predicted octanol–water partition coefficient (Wildman–Crippen LogP) is 1.66. The summed E-state index contributed by atoms with van der Waals surface area (Å²) in [5.74, 6) is 2.38. The largest absolute Gasteiger partial charge is 0.474 e. The second kappa shape index (κ2) is 9.66. The number of aromatic nitrogens is 3. The van der Waals surface area contributed by atoms with E-state index in [1.165, 1.54) is 0 Å². The van der Waals surface area contributed by atoms with E-state index in [-0.39, 0.29) is 6.10 Å². The summed E-state index contributed by atoms with van der Waals surface area (Å²) >= 11 is 0. The number of piperidine rings is 1. The Kier molecular flexibility index (Phi) is 6.52. The van der Waals surface area contributed by atoms with E-state index in [4.69, 9.17) is 9.47 Å². The van der Waals surface area contributed by atoms with E-state index in [9.17, 15) is 0 Å². The molecule has 8 heteroatoms. The molecule has 2 aromatic rings. The SMILES string of the molecule is c1ccc(OC2CCN(CCNc3ccnc(N4CCOCC4)n3)CC2)nc1. The van der Waals surface area contributed by atoms with Gasteiger partial charge in [-0.05, 0) is 25.0 Å². The molecule has 0 spiro atoms. The third kappa shape index (κ3) is 5.30. The number of hydrogen-bond acceptors (Lipinski definition) is 8. The van der Waals surface area contributed by atoms with Crippen molar-refractivity contribution in [1.82, 2.24) is 19.9 Å². The third-order valence-corrected chi connectivity index (χ3v) is 5.13. The fraction of sp³-hybridized carbons (Fsp3) is 0.550. The van der Waals surface area contributed by atoms with Gasteiger partial charge in [0.2, 0.25) is 11.8 Å². The highest BCUT2D eigenvalue weighted by Gasteiger charge is 2.20. The number of morpholine rings is 1. The lowest BCUT2D eigenvalue weighted by Gasteiger charge is -2.31. The van der Waals surface area contributed by atoms with Gasteiger partial charge in [0.15, 0.2) is 0 Å². The highest BCUT2D eigenvalue weighted by molar-refractivity contribution is 5.41. The molecule has 2 aromatic heterocycles. The number of ether oxygens (including phenoxy) is 2. The molecule has 150 valence electrons. The van der Waals surface area contributed by atoms with E-state index >= 15 is 0 Å². The lowest BCUT2D eigenvalue weighted by molar-refractivity contribution is 0.0990. The van der Waals surface area contributed by atoms with Crippen molar-refractivity contribution in [3.63, 3.8) is 0 Å². The maximum atomic E-state index is 5.96. The number of pyridine rings is 1. The van der Waals surface area contributed by atoms with Crippen molar-refractivity contribution in [2.24, 2.45) is 0 Å². The van der Waals surface area contributed by atoms with Crippen LogP contribution in [0.4, 0.5) is 11.8 Å². The van der Waals surface area contributed by atoms with Crippen LogP contribution in [-0.4, -0.2) is 78.4 Å². The average Bonchev–Trinajstić information content (AvgIpc) is 2.77. The van der Waals surface area contributed by atoms with E-state index in [0.29, 0.717) is 0 Å². The van der Waals surface area contributed by atoms with Crippen molar-refractivity contribution in [3.8, 4) is 5.88 Å². The molecule has 1 N–H and O–H groups in total. The molecule has 0 bridgehead atoms. The van der Waals surface area contributed by atoms with Gasteiger partial charge in [-0.15, -0.1) is 0 Å². The smallest absolute Gasteiger partial charge is 0.227 e. The van der Waals surface area contributed by atoms with Gasteiger partial charge in [-0.1, -0.05) is 6.07 Å². The molecule has 0 aliphatic carbocycles. The van der Waals surface area contributed by atoms with E-state index in [0.717, 1.165) is 83.0 Å². The summed E-state index contributed by atoms with van der Waals surface area (Å²) in [5.41, 5.74) is 0. The summed E-state index contributed by atoms with van der Waals surface area (Å²) in [5, 5.41) is 3.43. The first-order valence-electron chi connectivity index (χ1n) is 10.1. The highest BCUT2D eigenvalue weighted by atomic mass is 16.5. The molecule has 4 rings (SSSR count). The first-order chi connectivity index (χ1) is 13.9. The van der Waals surface area contributed by atoms with Crippen molar-refractivity contribution in [3.05, 3.63) is 36.7 Å². The van der Waals surface area contributed by atoms with Crippen LogP contribution in [0.5, 0.6) is 5.88 Å². The molecule has 2 fully saturated rings. The van der Waals surface area contributed by atoms with Gasteiger partial charge < -0.3 is 24.6 Å². The fourth-order valence-electron chi connectivity index (χ4n) is 3.54. The van der Waals surface area contributed by atoms with Crippen LogP contribution in [0.2, 0.25) is 0 Å². The topological polar surface area (TPSA) is 75.6 Å². The van der Waals surface area contributed by atoms with Crippen molar-refractivity contribution < 1.29 is 9.47 Å². The molecule has 8 nitrogen and oxygen atoms in total. The number of rotatable bonds is 7. The molecule has 0 saturated carbocycles. The van der Waals surface area contributed by atoms with Crippen LogP contribution in [0.15, 0.2) is 36.7 Å². The van der Waals surface area contributed by atoms with Crippen LogP contribution in [0.1, 0.15) is 12.8 Å². The average molecular weight is 384 g/mol. The Labute approximate surface area is 165 Å². The van der Waals surface area contributed by atoms with Crippen LogP contribution in [0.3, 0.4) is 0 Å². The standard InChI is InChI=1S/C20H28N6O2/c1-2-7-22-19(3-1)28-17-5-10-25(11-6-17)12-9-21-18-4-8-23-20(24-18)26-13-15-27-16-14-26/h1-4,7-8,17H,5-6,9-16H2,(H,21,23,24). The normalized spacial score (nSPS) is 18.8. The second-order valence-electron chi connectivity index (χ2n) is 7.09. The third-order valence-electron chi connectivity index (χ3n) is 5.13. The van der Waals surface area contributed by atoms with E-state index in [1.807, 2.05) is 30.5 Å².